The summed E-state index contributed by atoms with van der Waals surface area (Å²) in [6.45, 7) is 4.62. The third-order valence-electron chi connectivity index (χ3n) is 6.86. The van der Waals surface area contributed by atoms with E-state index in [0.717, 1.165) is 6.20 Å². The van der Waals surface area contributed by atoms with E-state index in [0.29, 0.717) is 45.5 Å². The summed E-state index contributed by atoms with van der Waals surface area (Å²) in [5.74, 6) is -1.31. The lowest BCUT2D eigenvalue weighted by Gasteiger charge is -2.24. The zero-order chi connectivity index (χ0) is 34.0. The van der Waals surface area contributed by atoms with Crippen LogP contribution in [-0.2, 0) is 42.4 Å². The molecule has 1 heterocycles. The number of hydrogen-bond acceptors (Lipinski definition) is 9. The van der Waals surface area contributed by atoms with Crippen molar-refractivity contribution >= 4 is 39.8 Å². The lowest BCUT2D eigenvalue weighted by atomic mass is 9.90. The van der Waals surface area contributed by atoms with Crippen LogP contribution in [-0.4, -0.2) is 54.6 Å². The molecule has 2 aromatic carbocycles. The predicted molar refractivity (Wildman–Crippen MR) is 172 cm³/mol. The van der Waals surface area contributed by atoms with Gasteiger partial charge >= 0.3 is 28.4 Å². The molecule has 0 aliphatic heterocycles. The third-order valence-corrected chi connectivity index (χ3v) is 8.10. The van der Waals surface area contributed by atoms with E-state index < -0.39 is 39.9 Å². The maximum absolute atomic E-state index is 13.4. The lowest BCUT2D eigenvalue weighted by molar-refractivity contribution is -0.121. The molecule has 250 valence electrons. The second kappa shape index (κ2) is 15.5. The van der Waals surface area contributed by atoms with Gasteiger partial charge in [-0.05, 0) is 62.8 Å². The molecular formula is C33H38N4O9S. The minimum atomic E-state index is -4.63. The molecule has 0 saturated carbocycles. The van der Waals surface area contributed by atoms with Crippen LogP contribution in [0.15, 0.2) is 79.0 Å². The first kappa shape index (κ1) is 34.8. The monoisotopic (exact) mass is 666 g/mol. The van der Waals surface area contributed by atoms with Crippen LogP contribution in [0.3, 0.4) is 0 Å². The Balaban J connectivity index is 1.47. The average molecular weight is 667 g/mol. The number of carbonyl (C=O) groups is 4. The fourth-order valence-corrected chi connectivity index (χ4v) is 5.73. The van der Waals surface area contributed by atoms with Gasteiger partial charge in [-0.3, -0.25) is 4.79 Å². The van der Waals surface area contributed by atoms with E-state index >= 15 is 0 Å². The molecule has 1 aliphatic rings. The number of hydrogen-bond donors (Lipinski definition) is 3. The van der Waals surface area contributed by atoms with Gasteiger partial charge in [0.15, 0.2) is 5.69 Å². The van der Waals surface area contributed by atoms with Crippen molar-refractivity contribution in [1.29, 1.82) is 0 Å². The van der Waals surface area contributed by atoms with E-state index in [1.807, 2.05) is 10.8 Å². The topological polar surface area (TPSA) is 171 Å². The molecule has 0 radical (unpaired) electrons. The molecule has 1 aliphatic carbocycles. The fraction of sp³-hybridized carbons (Fsp3) is 0.333. The molecule has 14 heteroatoms. The van der Waals surface area contributed by atoms with Gasteiger partial charge in [0.1, 0.15) is 25.4 Å². The Morgan fingerprint density at radius 2 is 1.49 bits per heavy atom. The van der Waals surface area contributed by atoms with Crippen LogP contribution in [0, 0.1) is 0 Å². The highest BCUT2D eigenvalue weighted by atomic mass is 32.2. The normalized spacial score (nSPS) is 14.7. The van der Waals surface area contributed by atoms with Crippen molar-refractivity contribution in [2.24, 2.45) is 0 Å². The second-order valence-corrected chi connectivity index (χ2v) is 13.3. The molecule has 3 aromatic rings. The van der Waals surface area contributed by atoms with Crippen LogP contribution in [0.5, 0.6) is 0 Å². The molecule has 0 bridgehead atoms. The summed E-state index contributed by atoms with van der Waals surface area (Å²) >= 11 is 0. The number of rotatable bonds is 11. The summed E-state index contributed by atoms with van der Waals surface area (Å²) in [4.78, 5) is 50.2. The van der Waals surface area contributed by atoms with Crippen molar-refractivity contribution in [2.45, 2.75) is 64.9 Å². The number of allylic oxidation sites excluding steroid dienone is 1. The fourth-order valence-electron chi connectivity index (χ4n) is 4.73. The van der Waals surface area contributed by atoms with Gasteiger partial charge in [0.25, 0.3) is 0 Å². The molecule has 13 nitrogen and oxygen atoms in total. The number of ether oxygens (including phenoxy) is 3. The number of esters is 1. The Labute approximate surface area is 273 Å². The second-order valence-electron chi connectivity index (χ2n) is 11.7. The molecule has 3 amide bonds. The van der Waals surface area contributed by atoms with Crippen LogP contribution in [0.4, 0.5) is 9.59 Å². The zero-order valence-corrected chi connectivity index (χ0v) is 27.2. The number of nitrogens with zero attached hydrogens (tertiary/aromatic N) is 1. The molecule has 0 spiro atoms. The first-order chi connectivity index (χ1) is 22.3. The minimum absolute atomic E-state index is 0.110. The number of benzene rings is 2. The van der Waals surface area contributed by atoms with Crippen LogP contribution >= 0.6 is 0 Å². The summed E-state index contributed by atoms with van der Waals surface area (Å²) in [5, 5.41) is 5.27. The Hall–Kier alpha value is -5.11. The first-order valence-electron chi connectivity index (χ1n) is 14.9. The standard InChI is InChI=1S/C33H38N4O9S/c1-33(2,3)46-31(40)34-20-28(38)35-26-16-14-25(15-17-26)27-18-19-37(29(27)30(39)44-21-23-10-6-4-7-11-23)47(42,43)36-32(41)45-22-24-12-8-5-9-13-24/h4-14,18-19,26H,15-17,20-22H2,1-3H3,(H,34,40)(H,35,38)(H,36,41). The van der Waals surface area contributed by atoms with Crippen LogP contribution < -0.4 is 15.4 Å². The van der Waals surface area contributed by atoms with Crippen LogP contribution in [0.1, 0.15) is 67.2 Å². The summed E-state index contributed by atoms with van der Waals surface area (Å²) in [6.07, 6.45) is 2.29. The third kappa shape index (κ3) is 10.5. The number of nitrogens with one attached hydrogen (secondary N) is 3. The molecular weight excluding hydrogens is 628 g/mol. The minimum Gasteiger partial charge on any atom is -0.456 e. The molecule has 1 aromatic heterocycles. The van der Waals surface area contributed by atoms with Gasteiger partial charge in [-0.2, -0.15) is 8.42 Å². The number of amides is 3. The summed E-state index contributed by atoms with van der Waals surface area (Å²) in [5.41, 5.74) is 1.34. The molecule has 1 atom stereocenters. The highest BCUT2D eigenvalue weighted by Gasteiger charge is 2.30. The number of aromatic nitrogens is 1. The van der Waals surface area contributed by atoms with Gasteiger partial charge in [0.05, 0.1) is 0 Å². The summed E-state index contributed by atoms with van der Waals surface area (Å²) < 4.78 is 44.9. The van der Waals surface area contributed by atoms with Crippen molar-refractivity contribution in [3.05, 3.63) is 101 Å². The highest BCUT2D eigenvalue weighted by Crippen LogP contribution is 2.31. The van der Waals surface area contributed by atoms with E-state index in [1.165, 1.54) is 6.07 Å². The van der Waals surface area contributed by atoms with Gasteiger partial charge in [0.2, 0.25) is 5.91 Å². The van der Waals surface area contributed by atoms with Gasteiger partial charge < -0.3 is 24.8 Å². The maximum Gasteiger partial charge on any atom is 0.422 e. The molecule has 1 unspecified atom stereocenters. The van der Waals surface area contributed by atoms with E-state index in [2.05, 4.69) is 10.6 Å². The Morgan fingerprint density at radius 3 is 2.06 bits per heavy atom. The number of carbonyl (C=O) groups excluding carboxylic acids is 4. The Bertz CT molecular complexity index is 1710. The molecule has 3 N–H and O–H groups in total. The van der Waals surface area contributed by atoms with Crippen molar-refractivity contribution in [2.75, 3.05) is 6.54 Å². The highest BCUT2D eigenvalue weighted by molar-refractivity contribution is 7.88. The zero-order valence-electron chi connectivity index (χ0n) is 26.4. The largest absolute Gasteiger partial charge is 0.456 e. The van der Waals surface area contributed by atoms with E-state index in [-0.39, 0.29) is 31.5 Å². The summed E-state index contributed by atoms with van der Waals surface area (Å²) in [6, 6.07) is 18.8. The average Bonchev–Trinajstić information content (AvgIpc) is 3.49. The van der Waals surface area contributed by atoms with Crippen molar-refractivity contribution in [1.82, 2.24) is 19.3 Å². The quantitative estimate of drug-likeness (QED) is 0.198. The van der Waals surface area contributed by atoms with Crippen LogP contribution in [0.25, 0.3) is 5.57 Å². The summed E-state index contributed by atoms with van der Waals surface area (Å²) in [7, 11) is -4.63. The van der Waals surface area contributed by atoms with E-state index in [1.54, 1.807) is 81.4 Å². The van der Waals surface area contributed by atoms with Gasteiger partial charge in [-0.15, -0.1) is 0 Å². The molecule has 47 heavy (non-hydrogen) atoms. The van der Waals surface area contributed by atoms with E-state index in [4.69, 9.17) is 14.2 Å². The predicted octanol–water partition coefficient (Wildman–Crippen LogP) is 4.44. The van der Waals surface area contributed by atoms with E-state index in [9.17, 15) is 27.6 Å². The maximum atomic E-state index is 13.4. The van der Waals surface area contributed by atoms with Crippen molar-refractivity contribution in [3.8, 4) is 0 Å². The Morgan fingerprint density at radius 1 is 0.872 bits per heavy atom. The lowest BCUT2D eigenvalue weighted by Crippen LogP contribution is -2.43. The van der Waals surface area contributed by atoms with Gasteiger partial charge in [-0.25, -0.2) is 23.1 Å². The molecule has 0 saturated heterocycles. The molecule has 4 rings (SSSR count). The smallest absolute Gasteiger partial charge is 0.422 e. The first-order valence-corrected chi connectivity index (χ1v) is 16.4. The number of alkyl carbamates (subject to hydrolysis) is 1. The Kier molecular flexibility index (Phi) is 11.4. The molecule has 0 fully saturated rings. The van der Waals surface area contributed by atoms with Crippen molar-refractivity contribution in [3.63, 3.8) is 0 Å². The van der Waals surface area contributed by atoms with Crippen LogP contribution in [0.2, 0.25) is 0 Å². The van der Waals surface area contributed by atoms with Gasteiger partial charge in [0, 0.05) is 17.8 Å². The van der Waals surface area contributed by atoms with Crippen molar-refractivity contribution < 1.29 is 41.8 Å². The SMILES string of the molecule is CC(C)(C)OC(=O)NCC(=O)NC1CC=C(c2ccn(S(=O)(=O)NC(=O)OCc3ccccc3)c2C(=O)OCc2ccccc2)CC1. The van der Waals surface area contributed by atoms with Gasteiger partial charge in [-0.1, -0.05) is 66.7 Å².